The van der Waals surface area contributed by atoms with Gasteiger partial charge < -0.3 is 15.2 Å². The Bertz CT molecular complexity index is 623. The van der Waals surface area contributed by atoms with E-state index in [9.17, 15) is 5.11 Å². The lowest BCUT2D eigenvalue weighted by atomic mass is 10.00. The number of hydrogen-bond acceptors (Lipinski definition) is 3. The fourth-order valence-corrected chi connectivity index (χ4v) is 2.54. The fraction of sp³-hybridized carbons (Fsp3) is 0.333. The molecule has 112 valence electrons. The molecule has 0 aliphatic heterocycles. The predicted octanol–water partition coefficient (Wildman–Crippen LogP) is 3.87. The van der Waals surface area contributed by atoms with E-state index in [1.165, 1.54) is 16.7 Å². The number of aryl methyl sites for hydroxylation is 2. The summed E-state index contributed by atoms with van der Waals surface area (Å²) in [7, 11) is 1.55. The summed E-state index contributed by atoms with van der Waals surface area (Å²) in [6, 6.07) is 12.3. The highest BCUT2D eigenvalue weighted by molar-refractivity contribution is 5.41. The number of aromatic hydroxyl groups is 1. The molecule has 1 atom stereocenters. The topological polar surface area (TPSA) is 41.5 Å². The normalized spacial score (nSPS) is 12.2. The van der Waals surface area contributed by atoms with Crippen molar-refractivity contribution in [1.29, 1.82) is 0 Å². The quantitative estimate of drug-likeness (QED) is 0.876. The minimum atomic E-state index is 0.177. The Morgan fingerprint density at radius 3 is 2.52 bits per heavy atom. The zero-order chi connectivity index (χ0) is 15.4. The first-order chi connectivity index (χ1) is 10.0. The van der Waals surface area contributed by atoms with Crippen LogP contribution >= 0.6 is 0 Å². The zero-order valence-corrected chi connectivity index (χ0v) is 13.1. The van der Waals surface area contributed by atoms with Crippen LogP contribution in [0.25, 0.3) is 0 Å². The smallest absolute Gasteiger partial charge is 0.160 e. The molecule has 0 aliphatic carbocycles. The minimum Gasteiger partial charge on any atom is -0.504 e. The van der Waals surface area contributed by atoms with E-state index in [-0.39, 0.29) is 11.8 Å². The second kappa shape index (κ2) is 6.64. The van der Waals surface area contributed by atoms with Crippen LogP contribution in [-0.4, -0.2) is 12.2 Å². The van der Waals surface area contributed by atoms with E-state index in [0.717, 1.165) is 5.56 Å². The summed E-state index contributed by atoms with van der Waals surface area (Å²) in [6.45, 7) is 7.10. The monoisotopic (exact) mass is 285 g/mol. The Morgan fingerprint density at radius 1 is 1.14 bits per heavy atom. The van der Waals surface area contributed by atoms with Crippen molar-refractivity contribution in [1.82, 2.24) is 5.32 Å². The summed E-state index contributed by atoms with van der Waals surface area (Å²) < 4.78 is 5.05. The van der Waals surface area contributed by atoms with Crippen molar-refractivity contribution in [3.05, 3.63) is 58.7 Å². The molecule has 1 unspecified atom stereocenters. The van der Waals surface area contributed by atoms with E-state index in [1.54, 1.807) is 19.2 Å². The lowest BCUT2D eigenvalue weighted by molar-refractivity contribution is 0.373. The van der Waals surface area contributed by atoms with E-state index in [4.69, 9.17) is 4.74 Å². The van der Waals surface area contributed by atoms with Gasteiger partial charge in [-0.3, -0.25) is 0 Å². The molecule has 2 N–H and O–H groups in total. The number of rotatable bonds is 5. The SMILES string of the molecule is COc1ccc(CNC(C)c2ccc(C)cc2C)cc1O. The summed E-state index contributed by atoms with van der Waals surface area (Å²) in [5, 5.41) is 13.3. The number of benzene rings is 2. The molecule has 2 rings (SSSR count). The van der Waals surface area contributed by atoms with Gasteiger partial charge in [-0.25, -0.2) is 0 Å². The van der Waals surface area contributed by atoms with Gasteiger partial charge in [0.1, 0.15) is 0 Å². The summed E-state index contributed by atoms with van der Waals surface area (Å²) in [4.78, 5) is 0. The highest BCUT2D eigenvalue weighted by Gasteiger charge is 2.09. The lowest BCUT2D eigenvalue weighted by Crippen LogP contribution is -2.18. The van der Waals surface area contributed by atoms with E-state index in [2.05, 4.69) is 44.3 Å². The van der Waals surface area contributed by atoms with Crippen LogP contribution in [0.1, 0.15) is 35.2 Å². The van der Waals surface area contributed by atoms with Gasteiger partial charge in [-0.1, -0.05) is 29.8 Å². The van der Waals surface area contributed by atoms with Gasteiger partial charge in [0.2, 0.25) is 0 Å². The van der Waals surface area contributed by atoms with E-state index in [1.807, 2.05) is 6.07 Å². The zero-order valence-electron chi connectivity index (χ0n) is 13.1. The van der Waals surface area contributed by atoms with Gasteiger partial charge in [0.15, 0.2) is 11.5 Å². The van der Waals surface area contributed by atoms with Gasteiger partial charge in [0, 0.05) is 12.6 Å². The molecule has 0 amide bonds. The molecule has 0 fully saturated rings. The second-order valence-electron chi connectivity index (χ2n) is 5.47. The van der Waals surface area contributed by atoms with Crippen molar-refractivity contribution in [2.45, 2.75) is 33.4 Å². The number of ether oxygens (including phenoxy) is 1. The molecule has 0 aromatic heterocycles. The maximum Gasteiger partial charge on any atom is 0.160 e. The summed E-state index contributed by atoms with van der Waals surface area (Å²) in [5.74, 6) is 0.678. The predicted molar refractivity (Wildman–Crippen MR) is 85.8 cm³/mol. The second-order valence-corrected chi connectivity index (χ2v) is 5.47. The Balaban J connectivity index is 2.03. The molecule has 21 heavy (non-hydrogen) atoms. The largest absolute Gasteiger partial charge is 0.504 e. The maximum atomic E-state index is 9.80. The van der Waals surface area contributed by atoms with Crippen molar-refractivity contribution in [2.75, 3.05) is 7.11 Å². The molecule has 0 bridgehead atoms. The Morgan fingerprint density at radius 2 is 1.90 bits per heavy atom. The van der Waals surface area contributed by atoms with Crippen LogP contribution in [0, 0.1) is 13.8 Å². The van der Waals surface area contributed by atoms with Crippen LogP contribution in [0.15, 0.2) is 36.4 Å². The van der Waals surface area contributed by atoms with Gasteiger partial charge in [0.25, 0.3) is 0 Å². The molecular formula is C18H23NO2. The molecule has 2 aromatic carbocycles. The van der Waals surface area contributed by atoms with E-state index < -0.39 is 0 Å². The molecule has 3 heteroatoms. The third kappa shape index (κ3) is 3.76. The van der Waals surface area contributed by atoms with Crippen LogP contribution in [0.3, 0.4) is 0 Å². The first-order valence-corrected chi connectivity index (χ1v) is 7.17. The van der Waals surface area contributed by atoms with E-state index in [0.29, 0.717) is 12.3 Å². The number of methoxy groups -OCH3 is 1. The molecule has 0 heterocycles. The third-order valence-corrected chi connectivity index (χ3v) is 3.75. The molecule has 2 aromatic rings. The molecular weight excluding hydrogens is 262 g/mol. The van der Waals surface area contributed by atoms with Gasteiger partial charge in [-0.05, 0) is 49.6 Å². The third-order valence-electron chi connectivity index (χ3n) is 3.75. The molecule has 0 spiro atoms. The van der Waals surface area contributed by atoms with Crippen molar-refractivity contribution >= 4 is 0 Å². The minimum absolute atomic E-state index is 0.177. The van der Waals surface area contributed by atoms with Crippen LogP contribution in [0.5, 0.6) is 11.5 Å². The number of phenolic OH excluding ortho intramolecular Hbond substituents is 1. The number of nitrogens with one attached hydrogen (secondary N) is 1. The molecule has 0 aliphatic rings. The maximum absolute atomic E-state index is 9.80. The van der Waals surface area contributed by atoms with Gasteiger partial charge >= 0.3 is 0 Å². The van der Waals surface area contributed by atoms with Gasteiger partial charge in [0.05, 0.1) is 7.11 Å². The Kier molecular flexibility index (Phi) is 4.86. The first-order valence-electron chi connectivity index (χ1n) is 7.17. The first kappa shape index (κ1) is 15.4. The average molecular weight is 285 g/mol. The lowest BCUT2D eigenvalue weighted by Gasteiger charge is -2.17. The summed E-state index contributed by atoms with van der Waals surface area (Å²) in [6.07, 6.45) is 0. The Hall–Kier alpha value is -2.00. The van der Waals surface area contributed by atoms with Crippen molar-refractivity contribution < 1.29 is 9.84 Å². The Labute approximate surface area is 126 Å². The van der Waals surface area contributed by atoms with Crippen molar-refractivity contribution in [3.8, 4) is 11.5 Å². The number of phenols is 1. The summed E-state index contributed by atoms with van der Waals surface area (Å²) >= 11 is 0. The van der Waals surface area contributed by atoms with Crippen molar-refractivity contribution in [2.24, 2.45) is 0 Å². The van der Waals surface area contributed by atoms with Crippen LogP contribution in [0.2, 0.25) is 0 Å². The van der Waals surface area contributed by atoms with Crippen LogP contribution < -0.4 is 10.1 Å². The molecule has 3 nitrogen and oxygen atoms in total. The fourth-order valence-electron chi connectivity index (χ4n) is 2.54. The standard InChI is InChI=1S/C18H23NO2/c1-12-5-7-16(13(2)9-12)14(3)19-11-15-6-8-18(21-4)17(20)10-15/h5-10,14,19-20H,11H2,1-4H3. The summed E-state index contributed by atoms with van der Waals surface area (Å²) in [5.41, 5.74) is 4.92. The van der Waals surface area contributed by atoms with E-state index >= 15 is 0 Å². The average Bonchev–Trinajstić information content (AvgIpc) is 2.45. The van der Waals surface area contributed by atoms with Gasteiger partial charge in [-0.2, -0.15) is 0 Å². The van der Waals surface area contributed by atoms with Crippen LogP contribution in [-0.2, 0) is 6.54 Å². The van der Waals surface area contributed by atoms with Gasteiger partial charge in [-0.15, -0.1) is 0 Å². The molecule has 0 radical (unpaired) electrons. The number of hydrogen-bond donors (Lipinski definition) is 2. The van der Waals surface area contributed by atoms with Crippen molar-refractivity contribution in [3.63, 3.8) is 0 Å². The highest BCUT2D eigenvalue weighted by atomic mass is 16.5. The molecule has 0 saturated carbocycles. The van der Waals surface area contributed by atoms with Crippen LogP contribution in [0.4, 0.5) is 0 Å². The molecule has 0 saturated heterocycles. The highest BCUT2D eigenvalue weighted by Crippen LogP contribution is 2.26.